The van der Waals surface area contributed by atoms with Gasteiger partial charge in [-0.25, -0.2) is 0 Å². The van der Waals surface area contributed by atoms with Crippen molar-refractivity contribution in [3.63, 3.8) is 0 Å². The number of hydrogen-bond donors (Lipinski definition) is 1. The molecule has 0 unspecified atom stereocenters. The number of amides is 1. The third-order valence-electron chi connectivity index (χ3n) is 4.87. The van der Waals surface area contributed by atoms with Crippen molar-refractivity contribution in [2.75, 3.05) is 20.6 Å². The van der Waals surface area contributed by atoms with Crippen molar-refractivity contribution >= 4 is 23.5 Å². The second-order valence-electron chi connectivity index (χ2n) is 7.13. The van der Waals surface area contributed by atoms with E-state index < -0.39 is 0 Å². The van der Waals surface area contributed by atoms with Gasteiger partial charge in [0.25, 0.3) is 0 Å². The van der Waals surface area contributed by atoms with Gasteiger partial charge < -0.3 is 15.1 Å². The number of carbonyl (C=O) groups excluding carboxylic acids is 1. The van der Waals surface area contributed by atoms with Crippen LogP contribution in [0.1, 0.15) is 29.5 Å². The third kappa shape index (κ3) is 5.49. The molecule has 2 aromatic rings. The zero-order valence-electron chi connectivity index (χ0n) is 16.5. The molecule has 1 amide bonds. The van der Waals surface area contributed by atoms with Crippen molar-refractivity contribution in [1.82, 2.24) is 15.1 Å². The van der Waals surface area contributed by atoms with Crippen LogP contribution in [0.4, 0.5) is 0 Å². The van der Waals surface area contributed by atoms with Gasteiger partial charge in [0, 0.05) is 51.7 Å². The molecule has 1 aliphatic heterocycles. The number of nitrogens with one attached hydrogen (secondary N) is 1. The van der Waals surface area contributed by atoms with Crippen LogP contribution in [0.2, 0.25) is 5.02 Å². The van der Waals surface area contributed by atoms with Crippen molar-refractivity contribution < 1.29 is 4.79 Å². The molecule has 0 saturated carbocycles. The molecular weight excluding hydrogens is 372 g/mol. The first-order valence-corrected chi connectivity index (χ1v) is 9.95. The van der Waals surface area contributed by atoms with Crippen LogP contribution in [0.3, 0.4) is 0 Å². The second-order valence-corrected chi connectivity index (χ2v) is 7.56. The van der Waals surface area contributed by atoms with Gasteiger partial charge in [-0.1, -0.05) is 48.0 Å². The molecule has 1 N–H and O–H groups in total. The second kappa shape index (κ2) is 9.60. The minimum atomic E-state index is 0.256. The first kappa shape index (κ1) is 20.2. The summed E-state index contributed by atoms with van der Waals surface area (Å²) < 4.78 is 0. The number of aliphatic imine (C=N–C) groups is 1. The molecule has 1 fully saturated rings. The molecular formula is C22H27ClN4O. The van der Waals surface area contributed by atoms with Crippen molar-refractivity contribution in [2.45, 2.75) is 32.5 Å². The Morgan fingerprint density at radius 2 is 1.93 bits per heavy atom. The molecule has 1 aliphatic rings. The molecule has 0 atom stereocenters. The van der Waals surface area contributed by atoms with Gasteiger partial charge in [0.1, 0.15) is 0 Å². The van der Waals surface area contributed by atoms with Crippen LogP contribution >= 0.6 is 11.6 Å². The van der Waals surface area contributed by atoms with Crippen molar-refractivity contribution in [1.29, 1.82) is 0 Å². The fraction of sp³-hybridized carbons (Fsp3) is 0.364. The predicted molar refractivity (Wildman–Crippen MR) is 114 cm³/mol. The van der Waals surface area contributed by atoms with Gasteiger partial charge in [0.15, 0.2) is 5.96 Å². The normalized spacial score (nSPS) is 14.5. The SMILES string of the molecule is CN=C(NCc1cccc(CN2CCCC2=O)c1)N(C)Cc1cccc(Cl)c1. The van der Waals surface area contributed by atoms with E-state index in [-0.39, 0.29) is 5.91 Å². The van der Waals surface area contributed by atoms with Gasteiger partial charge in [-0.2, -0.15) is 0 Å². The highest BCUT2D eigenvalue weighted by Crippen LogP contribution is 2.15. The molecule has 2 aromatic carbocycles. The Hall–Kier alpha value is -2.53. The lowest BCUT2D eigenvalue weighted by atomic mass is 10.1. The minimum Gasteiger partial charge on any atom is -0.352 e. The highest BCUT2D eigenvalue weighted by molar-refractivity contribution is 6.30. The number of guanidine groups is 1. The minimum absolute atomic E-state index is 0.256. The van der Waals surface area contributed by atoms with E-state index in [0.29, 0.717) is 19.5 Å². The molecule has 0 radical (unpaired) electrons. The van der Waals surface area contributed by atoms with Crippen LogP contribution in [0.5, 0.6) is 0 Å². The molecule has 6 heteroatoms. The van der Waals surface area contributed by atoms with E-state index in [1.807, 2.05) is 36.2 Å². The molecule has 3 rings (SSSR count). The molecule has 1 heterocycles. The Labute approximate surface area is 172 Å². The highest BCUT2D eigenvalue weighted by Gasteiger charge is 2.19. The molecule has 0 bridgehead atoms. The molecule has 28 heavy (non-hydrogen) atoms. The lowest BCUT2D eigenvalue weighted by Gasteiger charge is -2.22. The van der Waals surface area contributed by atoms with Crippen molar-refractivity contribution in [2.24, 2.45) is 4.99 Å². The zero-order valence-corrected chi connectivity index (χ0v) is 17.2. The van der Waals surface area contributed by atoms with Gasteiger partial charge in [-0.15, -0.1) is 0 Å². The Balaban J connectivity index is 1.57. The summed E-state index contributed by atoms with van der Waals surface area (Å²) in [7, 11) is 3.79. The van der Waals surface area contributed by atoms with Crippen LogP contribution in [0.25, 0.3) is 0 Å². The first-order chi connectivity index (χ1) is 13.5. The maximum Gasteiger partial charge on any atom is 0.222 e. The van der Waals surface area contributed by atoms with E-state index >= 15 is 0 Å². The molecule has 0 spiro atoms. The van der Waals surface area contributed by atoms with Gasteiger partial charge in [0.2, 0.25) is 5.91 Å². The van der Waals surface area contributed by atoms with Crippen LogP contribution in [0.15, 0.2) is 53.5 Å². The summed E-state index contributed by atoms with van der Waals surface area (Å²) >= 11 is 6.08. The molecule has 0 aromatic heterocycles. The number of benzene rings is 2. The fourth-order valence-corrected chi connectivity index (χ4v) is 3.69. The summed E-state index contributed by atoms with van der Waals surface area (Å²) in [6, 6.07) is 16.2. The predicted octanol–water partition coefficient (Wildman–Crippen LogP) is 3.67. The van der Waals surface area contributed by atoms with Crippen LogP contribution in [-0.2, 0) is 24.4 Å². The van der Waals surface area contributed by atoms with Crippen molar-refractivity contribution in [3.8, 4) is 0 Å². The smallest absolute Gasteiger partial charge is 0.222 e. The average Bonchev–Trinajstić information content (AvgIpc) is 3.07. The van der Waals surface area contributed by atoms with E-state index in [4.69, 9.17) is 11.6 Å². The summed E-state index contributed by atoms with van der Waals surface area (Å²) in [4.78, 5) is 20.2. The number of nitrogens with zero attached hydrogens (tertiary/aromatic N) is 3. The zero-order chi connectivity index (χ0) is 19.9. The summed E-state index contributed by atoms with van der Waals surface area (Å²) in [5, 5.41) is 4.15. The highest BCUT2D eigenvalue weighted by atomic mass is 35.5. The maximum atomic E-state index is 11.8. The van der Waals surface area contributed by atoms with E-state index in [1.54, 1.807) is 7.05 Å². The molecule has 148 valence electrons. The number of halogens is 1. The molecule has 1 saturated heterocycles. The Morgan fingerprint density at radius 3 is 2.64 bits per heavy atom. The monoisotopic (exact) mass is 398 g/mol. The number of rotatable bonds is 6. The Morgan fingerprint density at radius 1 is 1.18 bits per heavy atom. The van der Waals surface area contributed by atoms with Crippen LogP contribution < -0.4 is 5.32 Å². The number of likely N-dealkylation sites (tertiary alicyclic amines) is 1. The van der Waals surface area contributed by atoms with Gasteiger partial charge in [0.05, 0.1) is 0 Å². The van der Waals surface area contributed by atoms with Gasteiger partial charge in [-0.3, -0.25) is 9.79 Å². The number of hydrogen-bond acceptors (Lipinski definition) is 2. The fourth-order valence-electron chi connectivity index (χ4n) is 3.48. The third-order valence-corrected chi connectivity index (χ3v) is 5.10. The Bertz CT molecular complexity index is 852. The quantitative estimate of drug-likeness (QED) is 0.596. The number of carbonyl (C=O) groups is 1. The summed E-state index contributed by atoms with van der Waals surface area (Å²) in [6.45, 7) is 2.95. The van der Waals surface area contributed by atoms with E-state index in [9.17, 15) is 4.79 Å². The largest absolute Gasteiger partial charge is 0.352 e. The van der Waals surface area contributed by atoms with Crippen LogP contribution in [-0.4, -0.2) is 42.3 Å². The average molecular weight is 399 g/mol. The van der Waals surface area contributed by atoms with Gasteiger partial charge in [-0.05, 0) is 35.2 Å². The summed E-state index contributed by atoms with van der Waals surface area (Å²) in [5.41, 5.74) is 3.47. The summed E-state index contributed by atoms with van der Waals surface area (Å²) in [6.07, 6.45) is 1.64. The Kier molecular flexibility index (Phi) is 6.93. The van der Waals surface area contributed by atoms with E-state index in [2.05, 4.69) is 39.5 Å². The van der Waals surface area contributed by atoms with Gasteiger partial charge >= 0.3 is 0 Å². The topological polar surface area (TPSA) is 47.9 Å². The van der Waals surface area contributed by atoms with E-state index in [1.165, 1.54) is 5.56 Å². The van der Waals surface area contributed by atoms with Crippen LogP contribution in [0, 0.1) is 0 Å². The first-order valence-electron chi connectivity index (χ1n) is 9.57. The van der Waals surface area contributed by atoms with Crippen molar-refractivity contribution in [3.05, 3.63) is 70.2 Å². The lowest BCUT2D eigenvalue weighted by Crippen LogP contribution is -2.38. The van der Waals surface area contributed by atoms with E-state index in [0.717, 1.165) is 41.6 Å². The molecule has 5 nitrogen and oxygen atoms in total. The lowest BCUT2D eigenvalue weighted by molar-refractivity contribution is -0.128. The molecule has 0 aliphatic carbocycles. The standard InChI is InChI=1S/C22H27ClN4O/c1-24-22(26(2)15-19-8-4-9-20(23)13-19)25-14-17-6-3-7-18(12-17)16-27-11-5-10-21(27)28/h3-4,6-9,12-13H,5,10-11,14-16H2,1-2H3,(H,24,25). The summed E-state index contributed by atoms with van der Waals surface area (Å²) in [5.74, 6) is 1.08. The maximum absolute atomic E-state index is 11.8.